The topological polar surface area (TPSA) is 62.9 Å². The van der Waals surface area contributed by atoms with Gasteiger partial charge in [-0.3, -0.25) is 0 Å². The van der Waals surface area contributed by atoms with Crippen LogP contribution in [0.2, 0.25) is 0 Å². The van der Waals surface area contributed by atoms with Gasteiger partial charge in [0.2, 0.25) is 9.84 Å². The average molecular weight is 487 g/mol. The second-order valence-electron chi connectivity index (χ2n) is 8.20. The largest absolute Gasteiger partial charge is 0.418 e. The Morgan fingerprint density at radius 1 is 1.12 bits per heavy atom. The number of aromatic nitrogens is 1. The van der Waals surface area contributed by atoms with Gasteiger partial charge in [-0.25, -0.2) is 8.42 Å². The van der Waals surface area contributed by atoms with E-state index in [9.17, 15) is 26.9 Å². The number of allylic oxidation sites excluding steroid dienone is 1. The third kappa shape index (κ3) is 4.66. The van der Waals surface area contributed by atoms with E-state index in [-0.39, 0.29) is 16.5 Å². The zero-order valence-corrected chi connectivity index (χ0v) is 20.1. The molecule has 0 aliphatic heterocycles. The van der Waals surface area contributed by atoms with E-state index in [0.717, 1.165) is 6.07 Å². The molecule has 178 valence electrons. The predicted octanol–water partition coefficient (Wildman–Crippen LogP) is 6.83. The van der Waals surface area contributed by atoms with Crippen LogP contribution in [0.3, 0.4) is 0 Å². The number of nitriles is 1. The van der Waals surface area contributed by atoms with Gasteiger partial charge < -0.3 is 4.57 Å². The first kappa shape index (κ1) is 25.3. The molecule has 0 saturated carbocycles. The molecule has 3 aromatic rings. The average Bonchev–Trinajstić information content (AvgIpc) is 3.12. The van der Waals surface area contributed by atoms with Gasteiger partial charge in [0.25, 0.3) is 0 Å². The molecule has 0 radical (unpaired) electrons. The Hall–Kier alpha value is -3.31. The Morgan fingerprint density at radius 3 is 2.32 bits per heavy atom. The van der Waals surface area contributed by atoms with Crippen molar-refractivity contribution < 1.29 is 21.6 Å². The quantitative estimate of drug-likeness (QED) is 0.359. The summed E-state index contributed by atoms with van der Waals surface area (Å²) in [5, 5.41) is 9.74. The minimum Gasteiger partial charge on any atom is -0.317 e. The molecular formula is C26H25F3N2O2S. The molecule has 1 heterocycles. The number of rotatable bonds is 6. The van der Waals surface area contributed by atoms with Gasteiger partial charge in [-0.15, -0.1) is 0 Å². The van der Waals surface area contributed by atoms with Gasteiger partial charge in [-0.2, -0.15) is 18.4 Å². The van der Waals surface area contributed by atoms with Crippen molar-refractivity contribution in [2.24, 2.45) is 0 Å². The highest BCUT2D eigenvalue weighted by Crippen LogP contribution is 2.37. The number of para-hydroxylation sites is 1. The fraction of sp³-hybridized carbons (Fsp3) is 0.269. The van der Waals surface area contributed by atoms with E-state index in [1.54, 1.807) is 37.3 Å². The maximum atomic E-state index is 13.7. The number of sulfone groups is 1. The molecule has 0 N–H and O–H groups in total. The minimum atomic E-state index is -4.57. The maximum absolute atomic E-state index is 13.7. The molecular weight excluding hydrogens is 461 g/mol. The Labute approximate surface area is 197 Å². The van der Waals surface area contributed by atoms with Crippen LogP contribution < -0.4 is 0 Å². The Balaban J connectivity index is 2.26. The number of benzene rings is 2. The summed E-state index contributed by atoms with van der Waals surface area (Å²) in [6, 6.07) is 15.1. The standard InChI is InChI=1S/C26H25F3N2O2S/c1-5-19-10-6-9-13-25(19)34(32,33)21(16-30)14-20-15-24(17(2)3)31(18(20)4)23-12-8-7-11-22(23)26(27,28)29/h6-15,17H,5H2,1-4H3/b21-14+. The highest BCUT2D eigenvalue weighted by molar-refractivity contribution is 7.95. The SMILES string of the molecule is CCc1ccccc1S(=O)(=O)/C(C#N)=C/c1cc(C(C)C)n(-c2ccccc2C(F)(F)F)c1C. The highest BCUT2D eigenvalue weighted by Gasteiger charge is 2.34. The normalized spacial score (nSPS) is 12.7. The van der Waals surface area contributed by atoms with Gasteiger partial charge in [0, 0.05) is 11.4 Å². The first-order valence-corrected chi connectivity index (χ1v) is 12.2. The second-order valence-corrected chi connectivity index (χ2v) is 10.1. The lowest BCUT2D eigenvalue weighted by atomic mass is 10.1. The van der Waals surface area contributed by atoms with Crippen molar-refractivity contribution in [2.75, 3.05) is 0 Å². The fourth-order valence-corrected chi connectivity index (χ4v) is 5.39. The molecule has 0 unspecified atom stereocenters. The van der Waals surface area contributed by atoms with E-state index in [1.165, 1.54) is 34.9 Å². The van der Waals surface area contributed by atoms with Crippen molar-refractivity contribution in [3.05, 3.63) is 87.6 Å². The van der Waals surface area contributed by atoms with Crippen LogP contribution in [0, 0.1) is 18.3 Å². The second kappa shape index (κ2) is 9.51. The summed E-state index contributed by atoms with van der Waals surface area (Å²) in [6.07, 6.45) is -2.85. The number of aryl methyl sites for hydroxylation is 1. The number of nitrogens with zero attached hydrogens (tertiary/aromatic N) is 2. The lowest BCUT2D eigenvalue weighted by molar-refractivity contribution is -0.137. The Bertz CT molecular complexity index is 1390. The highest BCUT2D eigenvalue weighted by atomic mass is 32.2. The van der Waals surface area contributed by atoms with E-state index >= 15 is 0 Å². The number of halogens is 3. The maximum Gasteiger partial charge on any atom is 0.418 e. The molecule has 0 atom stereocenters. The number of hydrogen-bond donors (Lipinski definition) is 0. The smallest absolute Gasteiger partial charge is 0.317 e. The molecule has 8 heteroatoms. The van der Waals surface area contributed by atoms with E-state index in [1.807, 2.05) is 20.8 Å². The van der Waals surface area contributed by atoms with Crippen molar-refractivity contribution in [3.63, 3.8) is 0 Å². The summed E-state index contributed by atoms with van der Waals surface area (Å²) in [5.41, 5.74) is 1.09. The van der Waals surface area contributed by atoms with Crippen LogP contribution in [-0.4, -0.2) is 13.0 Å². The molecule has 0 saturated heterocycles. The van der Waals surface area contributed by atoms with Crippen molar-refractivity contribution >= 4 is 15.9 Å². The Morgan fingerprint density at radius 2 is 1.74 bits per heavy atom. The molecule has 0 amide bonds. The summed E-state index contributed by atoms with van der Waals surface area (Å²) in [5.74, 6) is -0.162. The molecule has 0 fully saturated rings. The van der Waals surface area contributed by atoms with Gasteiger partial charge in [0.1, 0.15) is 11.0 Å². The molecule has 2 aromatic carbocycles. The number of hydrogen-bond acceptors (Lipinski definition) is 3. The van der Waals surface area contributed by atoms with Crippen LogP contribution in [-0.2, 0) is 22.4 Å². The molecule has 0 bridgehead atoms. The van der Waals surface area contributed by atoms with E-state index in [4.69, 9.17) is 0 Å². The van der Waals surface area contributed by atoms with Crippen molar-refractivity contribution in [1.82, 2.24) is 4.57 Å². The van der Waals surface area contributed by atoms with Gasteiger partial charge in [0.15, 0.2) is 0 Å². The summed E-state index contributed by atoms with van der Waals surface area (Å²) in [6.45, 7) is 7.12. The third-order valence-corrected chi connectivity index (χ3v) is 7.45. The predicted molar refractivity (Wildman–Crippen MR) is 126 cm³/mol. The van der Waals surface area contributed by atoms with Gasteiger partial charge in [0.05, 0.1) is 16.1 Å². The lowest BCUT2D eigenvalue weighted by Crippen LogP contribution is -2.13. The van der Waals surface area contributed by atoms with Crippen LogP contribution in [0.5, 0.6) is 0 Å². The lowest BCUT2D eigenvalue weighted by Gasteiger charge is -2.19. The van der Waals surface area contributed by atoms with Gasteiger partial charge >= 0.3 is 6.18 Å². The Kier molecular flexibility index (Phi) is 7.08. The first-order chi connectivity index (χ1) is 15.9. The van der Waals surface area contributed by atoms with Crippen LogP contribution in [0.25, 0.3) is 11.8 Å². The summed E-state index contributed by atoms with van der Waals surface area (Å²) < 4.78 is 69.3. The third-order valence-electron chi connectivity index (χ3n) is 5.69. The molecule has 1 aromatic heterocycles. The molecule has 0 spiro atoms. The van der Waals surface area contributed by atoms with Crippen LogP contribution in [0.1, 0.15) is 54.8 Å². The number of alkyl halides is 3. The molecule has 34 heavy (non-hydrogen) atoms. The van der Waals surface area contributed by atoms with Crippen LogP contribution >= 0.6 is 0 Å². The van der Waals surface area contributed by atoms with Crippen molar-refractivity contribution in [1.29, 1.82) is 5.26 Å². The van der Waals surface area contributed by atoms with Crippen molar-refractivity contribution in [3.8, 4) is 11.8 Å². The first-order valence-electron chi connectivity index (χ1n) is 10.8. The van der Waals surface area contributed by atoms with Crippen molar-refractivity contribution in [2.45, 2.75) is 51.1 Å². The van der Waals surface area contributed by atoms with Gasteiger partial charge in [-0.05, 0) is 60.7 Å². The molecule has 4 nitrogen and oxygen atoms in total. The zero-order valence-electron chi connectivity index (χ0n) is 19.3. The van der Waals surface area contributed by atoms with Crippen LogP contribution in [0.15, 0.2) is 64.4 Å². The monoisotopic (exact) mass is 486 g/mol. The van der Waals surface area contributed by atoms with Gasteiger partial charge in [-0.1, -0.05) is 51.1 Å². The minimum absolute atomic E-state index is 0.0476. The van der Waals surface area contributed by atoms with E-state index in [2.05, 4.69) is 0 Å². The zero-order chi connectivity index (χ0) is 25.3. The molecule has 3 rings (SSSR count). The summed E-state index contributed by atoms with van der Waals surface area (Å²) in [7, 11) is -4.12. The summed E-state index contributed by atoms with van der Waals surface area (Å²) >= 11 is 0. The van der Waals surface area contributed by atoms with E-state index in [0.29, 0.717) is 28.9 Å². The molecule has 0 aliphatic carbocycles. The van der Waals surface area contributed by atoms with Crippen LogP contribution in [0.4, 0.5) is 13.2 Å². The molecule has 0 aliphatic rings. The fourth-order valence-electron chi connectivity index (χ4n) is 3.94. The van der Waals surface area contributed by atoms with E-state index < -0.39 is 26.5 Å². The summed E-state index contributed by atoms with van der Waals surface area (Å²) in [4.78, 5) is -0.415.